The SMILES string of the molecule is Cc1cccc(C(=O)NCC(C)CN2CCCCC2)c1N. The van der Waals surface area contributed by atoms with E-state index in [9.17, 15) is 4.79 Å². The van der Waals surface area contributed by atoms with E-state index in [1.165, 1.54) is 32.4 Å². The highest BCUT2D eigenvalue weighted by molar-refractivity contribution is 5.99. The Morgan fingerprint density at radius 1 is 1.33 bits per heavy atom. The number of anilines is 1. The van der Waals surface area contributed by atoms with Crippen LogP contribution in [0.25, 0.3) is 0 Å². The minimum Gasteiger partial charge on any atom is -0.398 e. The summed E-state index contributed by atoms with van der Waals surface area (Å²) in [5, 5.41) is 3.01. The fourth-order valence-corrected chi connectivity index (χ4v) is 2.89. The van der Waals surface area contributed by atoms with Crippen LogP contribution in [0.1, 0.15) is 42.1 Å². The number of aryl methyl sites for hydroxylation is 1. The molecule has 0 saturated carbocycles. The number of hydrogen-bond acceptors (Lipinski definition) is 3. The van der Waals surface area contributed by atoms with Crippen LogP contribution in [-0.2, 0) is 0 Å². The highest BCUT2D eigenvalue weighted by Crippen LogP contribution is 2.16. The maximum Gasteiger partial charge on any atom is 0.253 e. The molecule has 1 atom stereocenters. The number of piperidine rings is 1. The lowest BCUT2D eigenvalue weighted by Crippen LogP contribution is -2.38. The standard InChI is InChI=1S/C17H27N3O/c1-13(12-20-9-4-3-5-10-20)11-19-17(21)15-8-6-7-14(2)16(15)18/h6-8,13H,3-5,9-12,18H2,1-2H3,(H,19,21). The van der Waals surface area contributed by atoms with Gasteiger partial charge in [-0.1, -0.05) is 25.5 Å². The maximum atomic E-state index is 12.2. The first-order valence-corrected chi connectivity index (χ1v) is 7.93. The van der Waals surface area contributed by atoms with Gasteiger partial charge in [0.1, 0.15) is 0 Å². The number of amides is 1. The fraction of sp³-hybridized carbons (Fsp3) is 0.588. The monoisotopic (exact) mass is 289 g/mol. The molecule has 4 nitrogen and oxygen atoms in total. The second-order valence-electron chi connectivity index (χ2n) is 6.21. The van der Waals surface area contributed by atoms with E-state index in [1.807, 2.05) is 19.1 Å². The molecule has 0 radical (unpaired) electrons. The summed E-state index contributed by atoms with van der Waals surface area (Å²) in [7, 11) is 0. The van der Waals surface area contributed by atoms with Crippen molar-refractivity contribution in [3.8, 4) is 0 Å². The third-order valence-corrected chi connectivity index (χ3v) is 4.20. The molecule has 0 spiro atoms. The highest BCUT2D eigenvalue weighted by atomic mass is 16.1. The zero-order valence-electron chi connectivity index (χ0n) is 13.2. The van der Waals surface area contributed by atoms with Gasteiger partial charge in [0, 0.05) is 18.8 Å². The van der Waals surface area contributed by atoms with Crippen molar-refractivity contribution in [2.75, 3.05) is 31.9 Å². The van der Waals surface area contributed by atoms with Gasteiger partial charge in [0.2, 0.25) is 0 Å². The van der Waals surface area contributed by atoms with Crippen LogP contribution in [0.2, 0.25) is 0 Å². The zero-order chi connectivity index (χ0) is 15.2. The molecule has 0 aromatic heterocycles. The third kappa shape index (κ3) is 4.46. The van der Waals surface area contributed by atoms with Crippen molar-refractivity contribution in [3.63, 3.8) is 0 Å². The van der Waals surface area contributed by atoms with Gasteiger partial charge >= 0.3 is 0 Å². The molecule has 1 amide bonds. The Kier molecular flexibility index (Phi) is 5.62. The number of carbonyl (C=O) groups is 1. The Bertz CT molecular complexity index is 481. The summed E-state index contributed by atoms with van der Waals surface area (Å²) in [5.41, 5.74) is 8.08. The van der Waals surface area contributed by atoms with E-state index in [0.717, 1.165) is 12.1 Å². The largest absolute Gasteiger partial charge is 0.398 e. The predicted molar refractivity (Wildman–Crippen MR) is 87.4 cm³/mol. The first-order chi connectivity index (χ1) is 10.1. The number of carbonyl (C=O) groups excluding carboxylic acids is 1. The number of nitrogens with two attached hydrogens (primary N) is 1. The number of hydrogen-bond donors (Lipinski definition) is 2. The van der Waals surface area contributed by atoms with E-state index in [0.29, 0.717) is 23.7 Å². The molecule has 1 aliphatic heterocycles. The molecule has 21 heavy (non-hydrogen) atoms. The van der Waals surface area contributed by atoms with Crippen LogP contribution in [0.3, 0.4) is 0 Å². The molecular formula is C17H27N3O. The highest BCUT2D eigenvalue weighted by Gasteiger charge is 2.15. The Labute approximate surface area is 127 Å². The van der Waals surface area contributed by atoms with Gasteiger partial charge in [-0.15, -0.1) is 0 Å². The van der Waals surface area contributed by atoms with E-state index in [4.69, 9.17) is 5.73 Å². The summed E-state index contributed by atoms with van der Waals surface area (Å²) in [6.07, 6.45) is 3.96. The first-order valence-electron chi connectivity index (χ1n) is 7.93. The molecule has 1 unspecified atom stereocenters. The van der Waals surface area contributed by atoms with Gasteiger partial charge in [-0.25, -0.2) is 0 Å². The number of benzene rings is 1. The molecule has 1 aromatic rings. The Morgan fingerprint density at radius 2 is 2.05 bits per heavy atom. The lowest BCUT2D eigenvalue weighted by molar-refractivity contribution is 0.0943. The topological polar surface area (TPSA) is 58.4 Å². The summed E-state index contributed by atoms with van der Waals surface area (Å²) in [6, 6.07) is 5.58. The smallest absolute Gasteiger partial charge is 0.253 e. The molecule has 1 aliphatic rings. The minimum absolute atomic E-state index is 0.0679. The van der Waals surface area contributed by atoms with Crippen LogP contribution >= 0.6 is 0 Å². The van der Waals surface area contributed by atoms with E-state index < -0.39 is 0 Å². The molecule has 1 aromatic carbocycles. The van der Waals surface area contributed by atoms with Crippen molar-refractivity contribution < 1.29 is 4.79 Å². The predicted octanol–water partition coefficient (Wildman–Crippen LogP) is 2.43. The average molecular weight is 289 g/mol. The van der Waals surface area contributed by atoms with Crippen molar-refractivity contribution in [2.45, 2.75) is 33.1 Å². The number of rotatable bonds is 5. The van der Waals surface area contributed by atoms with Gasteiger partial charge in [0.05, 0.1) is 5.56 Å². The molecule has 116 valence electrons. The van der Waals surface area contributed by atoms with Gasteiger partial charge in [0.15, 0.2) is 0 Å². The Morgan fingerprint density at radius 3 is 2.76 bits per heavy atom. The zero-order valence-corrected chi connectivity index (χ0v) is 13.2. The van der Waals surface area contributed by atoms with Gasteiger partial charge in [-0.3, -0.25) is 4.79 Å². The van der Waals surface area contributed by atoms with Crippen LogP contribution in [0.15, 0.2) is 18.2 Å². The second kappa shape index (κ2) is 7.46. The lowest BCUT2D eigenvalue weighted by Gasteiger charge is -2.29. The molecule has 1 fully saturated rings. The maximum absolute atomic E-state index is 12.2. The molecule has 0 bridgehead atoms. The lowest BCUT2D eigenvalue weighted by atomic mass is 10.1. The van der Waals surface area contributed by atoms with Crippen molar-refractivity contribution in [2.24, 2.45) is 5.92 Å². The summed E-state index contributed by atoms with van der Waals surface area (Å²) >= 11 is 0. The molecular weight excluding hydrogens is 262 g/mol. The number of nitrogens with zero attached hydrogens (tertiary/aromatic N) is 1. The van der Waals surface area contributed by atoms with Crippen molar-refractivity contribution in [1.29, 1.82) is 0 Å². The molecule has 1 saturated heterocycles. The number of para-hydroxylation sites is 1. The molecule has 2 rings (SSSR count). The molecule has 4 heteroatoms. The summed E-state index contributed by atoms with van der Waals surface area (Å²) < 4.78 is 0. The van der Waals surface area contributed by atoms with Gasteiger partial charge in [-0.2, -0.15) is 0 Å². The van der Waals surface area contributed by atoms with E-state index in [-0.39, 0.29) is 5.91 Å². The normalized spacial score (nSPS) is 17.4. The minimum atomic E-state index is -0.0679. The second-order valence-corrected chi connectivity index (χ2v) is 6.21. The van der Waals surface area contributed by atoms with Crippen molar-refractivity contribution in [3.05, 3.63) is 29.3 Å². The van der Waals surface area contributed by atoms with Crippen molar-refractivity contribution >= 4 is 11.6 Å². The van der Waals surface area contributed by atoms with E-state index in [1.54, 1.807) is 6.07 Å². The average Bonchev–Trinajstić information content (AvgIpc) is 2.48. The molecule has 0 aliphatic carbocycles. The summed E-state index contributed by atoms with van der Waals surface area (Å²) in [5.74, 6) is 0.389. The number of nitrogens with one attached hydrogen (secondary N) is 1. The van der Waals surface area contributed by atoms with Crippen LogP contribution in [0.4, 0.5) is 5.69 Å². The van der Waals surface area contributed by atoms with E-state index >= 15 is 0 Å². The van der Waals surface area contributed by atoms with Crippen LogP contribution < -0.4 is 11.1 Å². The Balaban J connectivity index is 1.81. The van der Waals surface area contributed by atoms with Gasteiger partial charge < -0.3 is 16.0 Å². The quantitative estimate of drug-likeness (QED) is 0.819. The van der Waals surface area contributed by atoms with Gasteiger partial charge in [0.25, 0.3) is 5.91 Å². The van der Waals surface area contributed by atoms with Crippen LogP contribution in [0, 0.1) is 12.8 Å². The van der Waals surface area contributed by atoms with Crippen LogP contribution in [-0.4, -0.2) is 37.0 Å². The molecule has 1 heterocycles. The van der Waals surface area contributed by atoms with Gasteiger partial charge in [-0.05, 0) is 50.4 Å². The van der Waals surface area contributed by atoms with Crippen LogP contribution in [0.5, 0.6) is 0 Å². The summed E-state index contributed by atoms with van der Waals surface area (Å²) in [4.78, 5) is 14.7. The van der Waals surface area contributed by atoms with E-state index in [2.05, 4.69) is 17.1 Å². The first kappa shape index (κ1) is 15.8. The Hall–Kier alpha value is -1.55. The fourth-order valence-electron chi connectivity index (χ4n) is 2.89. The van der Waals surface area contributed by atoms with Crippen molar-refractivity contribution in [1.82, 2.24) is 10.2 Å². The number of likely N-dealkylation sites (tertiary alicyclic amines) is 1. The molecule has 3 N–H and O–H groups in total. The number of nitrogen functional groups attached to an aromatic ring is 1. The summed E-state index contributed by atoms with van der Waals surface area (Å²) in [6.45, 7) is 8.26. The third-order valence-electron chi connectivity index (χ3n) is 4.20.